The standard InChI is InChI=1S/C20H22N4O/c1-15-8-9-16(2)19(12-15)23-20(25)21-13-17-6-3-4-7-18(17)14-24-11-5-10-22-24/h3-12H,13-14H2,1-2H3,(H2,21,23,25). The molecule has 2 N–H and O–H groups in total. The van der Waals surface area contributed by atoms with Gasteiger partial charge in [0.2, 0.25) is 0 Å². The van der Waals surface area contributed by atoms with Crippen molar-refractivity contribution in [3.63, 3.8) is 0 Å². The summed E-state index contributed by atoms with van der Waals surface area (Å²) in [6, 6.07) is 15.8. The molecule has 1 heterocycles. The van der Waals surface area contributed by atoms with Crippen LogP contribution in [0.1, 0.15) is 22.3 Å². The van der Waals surface area contributed by atoms with Crippen molar-refractivity contribution in [2.24, 2.45) is 0 Å². The minimum absolute atomic E-state index is 0.206. The van der Waals surface area contributed by atoms with Gasteiger partial charge in [-0.25, -0.2) is 4.79 Å². The van der Waals surface area contributed by atoms with Crippen molar-refractivity contribution in [1.82, 2.24) is 15.1 Å². The Morgan fingerprint density at radius 1 is 1.08 bits per heavy atom. The van der Waals surface area contributed by atoms with Crippen LogP contribution in [0, 0.1) is 13.8 Å². The van der Waals surface area contributed by atoms with Crippen LogP contribution in [0.4, 0.5) is 10.5 Å². The van der Waals surface area contributed by atoms with Crippen LogP contribution in [-0.4, -0.2) is 15.8 Å². The van der Waals surface area contributed by atoms with Crippen LogP contribution in [0.15, 0.2) is 60.9 Å². The fourth-order valence-corrected chi connectivity index (χ4v) is 2.67. The molecule has 2 amide bonds. The highest BCUT2D eigenvalue weighted by atomic mass is 16.2. The third kappa shape index (κ3) is 4.47. The lowest BCUT2D eigenvalue weighted by Gasteiger charge is -2.13. The number of nitrogens with one attached hydrogen (secondary N) is 2. The predicted octanol–water partition coefficient (Wildman–Crippen LogP) is 3.87. The van der Waals surface area contributed by atoms with Crippen LogP contribution in [0.3, 0.4) is 0 Å². The van der Waals surface area contributed by atoms with E-state index in [0.29, 0.717) is 13.1 Å². The van der Waals surface area contributed by atoms with Gasteiger partial charge in [-0.3, -0.25) is 4.68 Å². The Kier molecular flexibility index (Phi) is 5.14. The number of aryl methyl sites for hydroxylation is 2. The molecule has 0 saturated carbocycles. The molecule has 1 aromatic heterocycles. The Bertz CT molecular complexity index is 856. The zero-order valence-electron chi connectivity index (χ0n) is 14.5. The molecule has 128 valence electrons. The molecule has 3 aromatic rings. The Hall–Kier alpha value is -3.08. The maximum atomic E-state index is 12.2. The summed E-state index contributed by atoms with van der Waals surface area (Å²) >= 11 is 0. The van der Waals surface area contributed by atoms with Crippen molar-refractivity contribution in [2.75, 3.05) is 5.32 Å². The summed E-state index contributed by atoms with van der Waals surface area (Å²) in [5.74, 6) is 0. The molecular formula is C20H22N4O. The number of urea groups is 1. The van der Waals surface area contributed by atoms with Gasteiger partial charge in [0, 0.05) is 24.6 Å². The summed E-state index contributed by atoms with van der Waals surface area (Å²) in [6.07, 6.45) is 3.69. The van der Waals surface area contributed by atoms with E-state index in [1.54, 1.807) is 6.20 Å². The average Bonchev–Trinajstić information content (AvgIpc) is 3.10. The van der Waals surface area contributed by atoms with Crippen LogP contribution >= 0.6 is 0 Å². The second-order valence-corrected chi connectivity index (χ2v) is 6.10. The number of carbonyl (C=O) groups excluding carboxylic acids is 1. The normalized spacial score (nSPS) is 10.5. The van der Waals surface area contributed by atoms with Crippen LogP contribution in [-0.2, 0) is 13.1 Å². The van der Waals surface area contributed by atoms with Crippen molar-refractivity contribution in [2.45, 2.75) is 26.9 Å². The first-order chi connectivity index (χ1) is 12.1. The zero-order valence-corrected chi connectivity index (χ0v) is 14.5. The second-order valence-electron chi connectivity index (χ2n) is 6.10. The van der Waals surface area contributed by atoms with Gasteiger partial charge in [0.05, 0.1) is 6.54 Å². The molecule has 0 radical (unpaired) electrons. The van der Waals surface area contributed by atoms with Crippen LogP contribution < -0.4 is 10.6 Å². The van der Waals surface area contributed by atoms with Gasteiger partial charge in [0.15, 0.2) is 0 Å². The number of benzene rings is 2. The molecule has 3 rings (SSSR count). The molecule has 0 spiro atoms. The van der Waals surface area contributed by atoms with E-state index in [2.05, 4.69) is 21.8 Å². The van der Waals surface area contributed by atoms with Crippen molar-refractivity contribution in [3.8, 4) is 0 Å². The molecule has 0 aliphatic rings. The Morgan fingerprint density at radius 2 is 1.88 bits per heavy atom. The molecule has 0 aliphatic heterocycles. The first kappa shape index (κ1) is 16.8. The van der Waals surface area contributed by atoms with E-state index in [9.17, 15) is 4.79 Å². The molecule has 0 fully saturated rings. The summed E-state index contributed by atoms with van der Waals surface area (Å²) in [4.78, 5) is 12.2. The SMILES string of the molecule is Cc1ccc(C)c(NC(=O)NCc2ccccc2Cn2cccn2)c1. The largest absolute Gasteiger partial charge is 0.334 e. The zero-order chi connectivity index (χ0) is 17.6. The summed E-state index contributed by atoms with van der Waals surface area (Å²) in [7, 11) is 0. The molecular weight excluding hydrogens is 312 g/mol. The van der Waals surface area contributed by atoms with E-state index in [1.807, 2.05) is 67.2 Å². The first-order valence-electron chi connectivity index (χ1n) is 8.28. The van der Waals surface area contributed by atoms with E-state index >= 15 is 0 Å². The molecule has 0 aliphatic carbocycles. The topological polar surface area (TPSA) is 59.0 Å². The molecule has 5 nitrogen and oxygen atoms in total. The van der Waals surface area contributed by atoms with Gasteiger partial charge >= 0.3 is 6.03 Å². The lowest BCUT2D eigenvalue weighted by molar-refractivity contribution is 0.251. The highest BCUT2D eigenvalue weighted by Gasteiger charge is 2.07. The van der Waals surface area contributed by atoms with E-state index < -0.39 is 0 Å². The number of aromatic nitrogens is 2. The number of carbonyl (C=O) groups is 1. The second kappa shape index (κ2) is 7.66. The summed E-state index contributed by atoms with van der Waals surface area (Å²) in [6.45, 7) is 5.14. The third-order valence-electron chi connectivity index (χ3n) is 4.09. The first-order valence-corrected chi connectivity index (χ1v) is 8.28. The van der Waals surface area contributed by atoms with Crippen LogP contribution in [0.2, 0.25) is 0 Å². The number of hydrogen-bond acceptors (Lipinski definition) is 2. The highest BCUT2D eigenvalue weighted by Crippen LogP contribution is 2.16. The van der Waals surface area contributed by atoms with E-state index in [4.69, 9.17) is 0 Å². The van der Waals surface area contributed by atoms with E-state index in [-0.39, 0.29) is 6.03 Å². The Labute approximate surface area is 147 Å². The molecule has 0 saturated heterocycles. The Balaban J connectivity index is 1.63. The van der Waals surface area contributed by atoms with Gasteiger partial charge < -0.3 is 10.6 Å². The van der Waals surface area contributed by atoms with Crippen molar-refractivity contribution >= 4 is 11.7 Å². The number of rotatable bonds is 5. The van der Waals surface area contributed by atoms with Crippen molar-refractivity contribution in [3.05, 3.63) is 83.2 Å². The number of nitrogens with zero attached hydrogens (tertiary/aromatic N) is 2. The van der Waals surface area contributed by atoms with E-state index in [0.717, 1.165) is 27.9 Å². The van der Waals surface area contributed by atoms with E-state index in [1.165, 1.54) is 0 Å². The summed E-state index contributed by atoms with van der Waals surface area (Å²) in [5, 5.41) is 10.1. The quantitative estimate of drug-likeness (QED) is 0.744. The third-order valence-corrected chi connectivity index (χ3v) is 4.09. The summed E-state index contributed by atoms with van der Waals surface area (Å²) < 4.78 is 1.87. The maximum Gasteiger partial charge on any atom is 0.319 e. The highest BCUT2D eigenvalue weighted by molar-refractivity contribution is 5.90. The van der Waals surface area contributed by atoms with Crippen molar-refractivity contribution in [1.29, 1.82) is 0 Å². The van der Waals surface area contributed by atoms with Crippen molar-refractivity contribution < 1.29 is 4.79 Å². The van der Waals surface area contributed by atoms with Crippen LogP contribution in [0.25, 0.3) is 0 Å². The Morgan fingerprint density at radius 3 is 2.64 bits per heavy atom. The van der Waals surface area contributed by atoms with Crippen LogP contribution in [0.5, 0.6) is 0 Å². The molecule has 0 atom stereocenters. The fraction of sp³-hybridized carbons (Fsp3) is 0.200. The van der Waals surface area contributed by atoms with Gasteiger partial charge in [0.1, 0.15) is 0 Å². The van der Waals surface area contributed by atoms with Gasteiger partial charge in [-0.1, -0.05) is 36.4 Å². The average molecular weight is 334 g/mol. The smallest absolute Gasteiger partial charge is 0.319 e. The fourth-order valence-electron chi connectivity index (χ4n) is 2.67. The van der Waals surface area contributed by atoms with Gasteiger partial charge in [-0.2, -0.15) is 5.10 Å². The molecule has 2 aromatic carbocycles. The number of amides is 2. The monoisotopic (exact) mass is 334 g/mol. The lowest BCUT2D eigenvalue weighted by atomic mass is 10.1. The minimum Gasteiger partial charge on any atom is -0.334 e. The molecule has 25 heavy (non-hydrogen) atoms. The lowest BCUT2D eigenvalue weighted by Crippen LogP contribution is -2.29. The van der Waals surface area contributed by atoms with Gasteiger partial charge in [-0.15, -0.1) is 0 Å². The van der Waals surface area contributed by atoms with Gasteiger partial charge in [-0.05, 0) is 48.2 Å². The molecule has 5 heteroatoms. The number of anilines is 1. The maximum absolute atomic E-state index is 12.2. The molecule has 0 unspecified atom stereocenters. The minimum atomic E-state index is -0.206. The molecule has 0 bridgehead atoms. The van der Waals surface area contributed by atoms with Gasteiger partial charge in [0.25, 0.3) is 0 Å². The summed E-state index contributed by atoms with van der Waals surface area (Å²) in [5.41, 5.74) is 5.21. The predicted molar refractivity (Wildman–Crippen MR) is 99.5 cm³/mol. The number of hydrogen-bond donors (Lipinski definition) is 2.